The van der Waals surface area contributed by atoms with Crippen LogP contribution in [0.4, 0.5) is 13.2 Å². The Labute approximate surface area is 117 Å². The van der Waals surface area contributed by atoms with E-state index in [1.807, 2.05) is 24.3 Å². The third-order valence-corrected chi connectivity index (χ3v) is 3.82. The van der Waals surface area contributed by atoms with Crippen molar-refractivity contribution in [1.82, 2.24) is 5.32 Å². The van der Waals surface area contributed by atoms with Crippen molar-refractivity contribution in [2.45, 2.75) is 31.0 Å². The summed E-state index contributed by atoms with van der Waals surface area (Å²) in [7, 11) is 0. The van der Waals surface area contributed by atoms with Gasteiger partial charge < -0.3 is 0 Å². The summed E-state index contributed by atoms with van der Waals surface area (Å²) in [5, 5.41) is 11.6. The normalized spacial score (nSPS) is 22.7. The van der Waals surface area contributed by atoms with Gasteiger partial charge >= 0.3 is 6.18 Å². The largest absolute Gasteiger partial charge is 0.401 e. The molecule has 2 nitrogen and oxygen atoms in total. The van der Waals surface area contributed by atoms with Gasteiger partial charge in [0.1, 0.15) is 5.54 Å². The molecule has 0 amide bonds. The predicted octanol–water partition coefficient (Wildman–Crippen LogP) is 3.35. The van der Waals surface area contributed by atoms with Crippen molar-refractivity contribution in [2.75, 3.05) is 6.54 Å². The summed E-state index contributed by atoms with van der Waals surface area (Å²) in [6, 6.07) is 7.69. The maximum atomic E-state index is 12.3. The molecule has 2 rings (SSSR count). The van der Waals surface area contributed by atoms with Crippen LogP contribution in [0.1, 0.15) is 17.5 Å². The average Bonchev–Trinajstić information content (AvgIpc) is 2.35. The fraction of sp³-hybridized carbons (Fsp3) is 0.462. The van der Waals surface area contributed by atoms with Crippen LogP contribution in [-0.4, -0.2) is 18.3 Å². The third kappa shape index (κ3) is 3.48. The fourth-order valence-electron chi connectivity index (χ4n) is 2.32. The number of benzene rings is 1. The highest BCUT2D eigenvalue weighted by molar-refractivity contribution is 9.10. The predicted molar refractivity (Wildman–Crippen MR) is 68.6 cm³/mol. The lowest BCUT2D eigenvalue weighted by Crippen LogP contribution is -2.51. The Morgan fingerprint density at radius 1 is 1.37 bits per heavy atom. The zero-order chi connectivity index (χ0) is 14.1. The van der Waals surface area contributed by atoms with Gasteiger partial charge in [-0.15, -0.1) is 0 Å². The van der Waals surface area contributed by atoms with E-state index in [9.17, 15) is 18.4 Å². The molecule has 0 bridgehead atoms. The van der Waals surface area contributed by atoms with E-state index < -0.39 is 18.3 Å². The first-order chi connectivity index (χ1) is 8.84. The number of rotatable bonds is 2. The highest BCUT2D eigenvalue weighted by Crippen LogP contribution is 2.31. The van der Waals surface area contributed by atoms with Gasteiger partial charge in [-0.25, -0.2) is 0 Å². The van der Waals surface area contributed by atoms with Crippen molar-refractivity contribution in [3.63, 3.8) is 0 Å². The van der Waals surface area contributed by atoms with Gasteiger partial charge in [0.05, 0.1) is 12.6 Å². The van der Waals surface area contributed by atoms with Crippen LogP contribution in [0.3, 0.4) is 0 Å². The van der Waals surface area contributed by atoms with Crippen molar-refractivity contribution in [3.8, 4) is 6.07 Å². The molecular formula is C13H12BrF3N2. The first-order valence-corrected chi connectivity index (χ1v) is 6.63. The van der Waals surface area contributed by atoms with E-state index in [4.69, 9.17) is 0 Å². The van der Waals surface area contributed by atoms with Gasteiger partial charge in [0, 0.05) is 10.9 Å². The number of fused-ring (bicyclic) bond motifs is 1. The van der Waals surface area contributed by atoms with E-state index in [-0.39, 0.29) is 0 Å². The molecule has 1 unspecified atom stereocenters. The standard InChI is InChI=1S/C13H12BrF3N2/c14-11-2-1-10-6-12(7-18,4-3-9(10)5-11)19-8-13(15,16)17/h1-2,5,19H,3-4,6,8H2. The molecule has 1 aliphatic rings. The summed E-state index contributed by atoms with van der Waals surface area (Å²) in [4.78, 5) is 0. The second kappa shape index (κ2) is 5.14. The first-order valence-electron chi connectivity index (χ1n) is 5.84. The third-order valence-electron chi connectivity index (χ3n) is 3.32. The van der Waals surface area contributed by atoms with Crippen molar-refractivity contribution in [3.05, 3.63) is 33.8 Å². The van der Waals surface area contributed by atoms with Gasteiger partial charge in [0.25, 0.3) is 0 Å². The second-order valence-electron chi connectivity index (χ2n) is 4.75. The SMILES string of the molecule is N#CC1(NCC(F)(F)F)CCc2cc(Br)ccc2C1. The van der Waals surface area contributed by atoms with Gasteiger partial charge in [0.2, 0.25) is 0 Å². The van der Waals surface area contributed by atoms with Gasteiger partial charge in [-0.1, -0.05) is 22.0 Å². The van der Waals surface area contributed by atoms with Crippen LogP contribution in [-0.2, 0) is 12.8 Å². The van der Waals surface area contributed by atoms with Crippen LogP contribution in [0.25, 0.3) is 0 Å². The van der Waals surface area contributed by atoms with Gasteiger partial charge in [-0.3, -0.25) is 5.32 Å². The maximum absolute atomic E-state index is 12.3. The highest BCUT2D eigenvalue weighted by atomic mass is 79.9. The quantitative estimate of drug-likeness (QED) is 0.901. The lowest BCUT2D eigenvalue weighted by atomic mass is 9.79. The van der Waals surface area contributed by atoms with E-state index >= 15 is 0 Å². The van der Waals surface area contributed by atoms with Crippen LogP contribution in [0.2, 0.25) is 0 Å². The summed E-state index contributed by atoms with van der Waals surface area (Å²) < 4.78 is 37.8. The van der Waals surface area contributed by atoms with Crippen LogP contribution in [0, 0.1) is 11.3 Å². The molecule has 1 aromatic rings. The van der Waals surface area contributed by atoms with Gasteiger partial charge in [-0.2, -0.15) is 18.4 Å². The summed E-state index contributed by atoms with van der Waals surface area (Å²) in [5.74, 6) is 0. The van der Waals surface area contributed by atoms with E-state index in [1.54, 1.807) is 0 Å². The second-order valence-corrected chi connectivity index (χ2v) is 5.67. The van der Waals surface area contributed by atoms with Crippen molar-refractivity contribution >= 4 is 15.9 Å². The van der Waals surface area contributed by atoms with Crippen LogP contribution < -0.4 is 5.32 Å². The van der Waals surface area contributed by atoms with Crippen molar-refractivity contribution in [2.24, 2.45) is 0 Å². The molecule has 19 heavy (non-hydrogen) atoms. The number of aryl methyl sites for hydroxylation is 1. The monoisotopic (exact) mass is 332 g/mol. The lowest BCUT2D eigenvalue weighted by Gasteiger charge is -2.33. The molecule has 0 heterocycles. The minimum Gasteiger partial charge on any atom is -0.291 e. The molecule has 6 heteroatoms. The molecule has 1 atom stereocenters. The molecule has 0 spiro atoms. The van der Waals surface area contributed by atoms with Crippen molar-refractivity contribution in [1.29, 1.82) is 5.26 Å². The number of hydrogen-bond donors (Lipinski definition) is 1. The molecule has 102 valence electrons. The lowest BCUT2D eigenvalue weighted by molar-refractivity contribution is -0.127. The Kier molecular flexibility index (Phi) is 3.88. The topological polar surface area (TPSA) is 35.8 Å². The number of alkyl halides is 3. The zero-order valence-corrected chi connectivity index (χ0v) is 11.6. The van der Waals surface area contributed by atoms with E-state index in [0.717, 1.165) is 15.6 Å². The summed E-state index contributed by atoms with van der Waals surface area (Å²) in [6.07, 6.45) is -3.00. The molecular weight excluding hydrogens is 321 g/mol. The van der Waals surface area contributed by atoms with E-state index in [0.29, 0.717) is 19.3 Å². The smallest absolute Gasteiger partial charge is 0.291 e. The molecule has 0 saturated heterocycles. The molecule has 1 N–H and O–H groups in total. The number of nitriles is 1. The number of nitrogens with one attached hydrogen (secondary N) is 1. The Bertz CT molecular complexity index is 522. The maximum Gasteiger partial charge on any atom is 0.401 e. The Hall–Kier alpha value is -1.06. The number of nitrogens with zero attached hydrogens (tertiary/aromatic N) is 1. The Morgan fingerprint density at radius 3 is 2.74 bits per heavy atom. The van der Waals surface area contributed by atoms with Crippen LogP contribution in [0.5, 0.6) is 0 Å². The summed E-state index contributed by atoms with van der Waals surface area (Å²) in [5.41, 5.74) is 0.913. The Morgan fingerprint density at radius 2 is 2.11 bits per heavy atom. The Balaban J connectivity index is 2.17. The minimum atomic E-state index is -4.30. The molecule has 0 radical (unpaired) electrons. The van der Waals surface area contributed by atoms with Gasteiger partial charge in [0.15, 0.2) is 0 Å². The summed E-state index contributed by atoms with van der Waals surface area (Å²) >= 11 is 3.36. The van der Waals surface area contributed by atoms with E-state index in [1.165, 1.54) is 0 Å². The minimum absolute atomic E-state index is 0.308. The molecule has 1 aliphatic carbocycles. The number of halogens is 4. The van der Waals surface area contributed by atoms with Crippen molar-refractivity contribution < 1.29 is 13.2 Å². The van der Waals surface area contributed by atoms with Gasteiger partial charge in [-0.05, 0) is 36.1 Å². The average molecular weight is 333 g/mol. The zero-order valence-electron chi connectivity index (χ0n) is 10.0. The molecule has 0 aliphatic heterocycles. The van der Waals surface area contributed by atoms with Crippen LogP contribution in [0.15, 0.2) is 22.7 Å². The van der Waals surface area contributed by atoms with E-state index in [2.05, 4.69) is 21.2 Å². The molecule has 0 saturated carbocycles. The summed E-state index contributed by atoms with van der Waals surface area (Å²) in [6.45, 7) is -1.13. The van der Waals surface area contributed by atoms with Crippen LogP contribution >= 0.6 is 15.9 Å². The first kappa shape index (κ1) is 14.4. The highest BCUT2D eigenvalue weighted by Gasteiger charge is 2.38. The number of hydrogen-bond acceptors (Lipinski definition) is 2. The molecule has 0 fully saturated rings. The molecule has 1 aromatic carbocycles. The fourth-order valence-corrected chi connectivity index (χ4v) is 2.73. The molecule has 0 aromatic heterocycles.